The third-order valence-corrected chi connectivity index (χ3v) is 9.75. The van der Waals surface area contributed by atoms with Crippen LogP contribution in [-0.4, -0.2) is 61.2 Å². The minimum absolute atomic E-state index is 0.00200. The number of carboxylic acids is 1. The Labute approximate surface area is 243 Å². The Balaban J connectivity index is 1.23. The van der Waals surface area contributed by atoms with Gasteiger partial charge in [0.25, 0.3) is 0 Å². The molecule has 0 bridgehead atoms. The van der Waals surface area contributed by atoms with Crippen LogP contribution in [-0.2, 0) is 34.0 Å². The summed E-state index contributed by atoms with van der Waals surface area (Å²) in [7, 11) is -3.38. The standard InChI is InChI=1S/C29H26F5N3O5S/c1-43(40,41)37-6-4-36(5-7-37)17-2-3-18(24(31)11-17)19-9-16(23(30)12-22(19)29(32,33)34)14-42-25-10-15-8-20-26(21(15)13-35-25)27(20)28(38)39/h2-3,9-13,20,26-27H,4-8,14H2,1H3,(H,38,39). The summed E-state index contributed by atoms with van der Waals surface area (Å²) >= 11 is 0. The number of fused-ring (bicyclic) bond motifs is 3. The van der Waals surface area contributed by atoms with Crippen molar-refractivity contribution >= 4 is 21.7 Å². The van der Waals surface area contributed by atoms with Crippen LogP contribution in [0.15, 0.2) is 42.6 Å². The van der Waals surface area contributed by atoms with Crippen molar-refractivity contribution in [2.24, 2.45) is 11.8 Å². The molecule has 1 saturated heterocycles. The van der Waals surface area contributed by atoms with Crippen molar-refractivity contribution in [3.05, 3.63) is 76.5 Å². The zero-order chi connectivity index (χ0) is 30.8. The Bertz CT molecular complexity index is 1720. The second-order valence-corrected chi connectivity index (χ2v) is 13.1. The smallest absolute Gasteiger partial charge is 0.417 e. The van der Waals surface area contributed by atoms with Crippen LogP contribution in [0.25, 0.3) is 11.1 Å². The third-order valence-electron chi connectivity index (χ3n) is 8.45. The van der Waals surface area contributed by atoms with Gasteiger partial charge in [0.05, 0.1) is 17.7 Å². The number of anilines is 1. The van der Waals surface area contributed by atoms with E-state index in [1.165, 1.54) is 22.6 Å². The van der Waals surface area contributed by atoms with Crippen LogP contribution in [0.2, 0.25) is 0 Å². The predicted octanol–water partition coefficient (Wildman–Crippen LogP) is 4.68. The van der Waals surface area contributed by atoms with Crippen LogP contribution < -0.4 is 9.64 Å². The lowest BCUT2D eigenvalue weighted by atomic mass is 9.95. The topological polar surface area (TPSA) is 100 Å². The second kappa shape index (κ2) is 10.4. The van der Waals surface area contributed by atoms with Gasteiger partial charge >= 0.3 is 12.1 Å². The quantitative estimate of drug-likeness (QED) is 0.382. The summed E-state index contributed by atoms with van der Waals surface area (Å²) in [4.78, 5) is 17.2. The van der Waals surface area contributed by atoms with Crippen LogP contribution in [0.5, 0.6) is 5.88 Å². The molecule has 3 unspecified atom stereocenters. The van der Waals surface area contributed by atoms with Crippen molar-refractivity contribution in [2.75, 3.05) is 37.3 Å². The van der Waals surface area contributed by atoms with Crippen LogP contribution in [0, 0.1) is 23.5 Å². The van der Waals surface area contributed by atoms with Gasteiger partial charge in [-0.25, -0.2) is 22.2 Å². The van der Waals surface area contributed by atoms with Gasteiger partial charge in [-0.15, -0.1) is 0 Å². The Hall–Kier alpha value is -3.78. The number of sulfonamides is 1. The molecule has 3 aromatic rings. The largest absolute Gasteiger partial charge is 0.481 e. The monoisotopic (exact) mass is 623 g/mol. The van der Waals surface area contributed by atoms with E-state index in [9.17, 15) is 35.9 Å². The molecule has 2 aliphatic carbocycles. The van der Waals surface area contributed by atoms with E-state index < -0.39 is 57.5 Å². The number of alkyl halides is 3. The molecule has 6 rings (SSSR count). The fourth-order valence-electron chi connectivity index (χ4n) is 6.22. The molecule has 0 spiro atoms. The summed E-state index contributed by atoms with van der Waals surface area (Å²) in [6.45, 7) is 0.444. The first kappa shape index (κ1) is 29.3. The minimum Gasteiger partial charge on any atom is -0.481 e. The van der Waals surface area contributed by atoms with Gasteiger partial charge in [-0.2, -0.15) is 17.5 Å². The van der Waals surface area contributed by atoms with Crippen molar-refractivity contribution in [1.29, 1.82) is 0 Å². The second-order valence-electron chi connectivity index (χ2n) is 11.1. The highest BCUT2D eigenvalue weighted by molar-refractivity contribution is 7.88. The Morgan fingerprint density at radius 1 is 1.05 bits per heavy atom. The summed E-state index contributed by atoms with van der Waals surface area (Å²) in [6, 6.07) is 6.58. The van der Waals surface area contributed by atoms with Gasteiger partial charge in [0.2, 0.25) is 15.9 Å². The maximum absolute atomic E-state index is 15.4. The molecule has 2 aromatic carbocycles. The fourth-order valence-corrected chi connectivity index (χ4v) is 7.05. The van der Waals surface area contributed by atoms with Crippen LogP contribution in [0.1, 0.15) is 28.2 Å². The molecule has 3 atom stereocenters. The van der Waals surface area contributed by atoms with Gasteiger partial charge in [0, 0.05) is 61.2 Å². The molecule has 3 aliphatic rings. The van der Waals surface area contributed by atoms with E-state index >= 15 is 4.39 Å². The molecule has 14 heteroatoms. The number of pyridine rings is 1. The number of hydrogen-bond donors (Lipinski definition) is 1. The summed E-state index contributed by atoms with van der Waals surface area (Å²) in [6.07, 6.45) is -1.82. The lowest BCUT2D eigenvalue weighted by Crippen LogP contribution is -2.48. The Morgan fingerprint density at radius 2 is 1.77 bits per heavy atom. The number of halogens is 5. The van der Waals surface area contributed by atoms with E-state index in [0.717, 1.165) is 29.5 Å². The average Bonchev–Trinajstić information content (AvgIpc) is 3.53. The summed E-state index contributed by atoms with van der Waals surface area (Å²) in [5.74, 6) is -3.40. The SMILES string of the molecule is CS(=O)(=O)N1CCN(c2ccc(-c3cc(COc4cc5c(cn4)C4C(C5)C4C(=O)O)c(F)cc3C(F)(F)F)c(F)c2)CC1. The van der Waals surface area contributed by atoms with Gasteiger partial charge < -0.3 is 14.7 Å². The molecule has 8 nitrogen and oxygen atoms in total. The maximum Gasteiger partial charge on any atom is 0.417 e. The molecule has 0 amide bonds. The molecule has 1 N–H and O–H groups in total. The average molecular weight is 624 g/mol. The van der Waals surface area contributed by atoms with E-state index in [0.29, 0.717) is 18.2 Å². The highest BCUT2D eigenvalue weighted by Crippen LogP contribution is 2.61. The number of ether oxygens (including phenoxy) is 1. The molecule has 2 heterocycles. The minimum atomic E-state index is -4.97. The number of carboxylic acid groups (broad SMARTS) is 1. The maximum atomic E-state index is 15.4. The fraction of sp³-hybridized carbons (Fsp3) is 0.379. The molecule has 0 radical (unpaired) electrons. The van der Waals surface area contributed by atoms with Crippen molar-refractivity contribution in [1.82, 2.24) is 9.29 Å². The van der Waals surface area contributed by atoms with Gasteiger partial charge in [0.1, 0.15) is 18.2 Å². The van der Waals surface area contributed by atoms with Crippen molar-refractivity contribution in [3.63, 3.8) is 0 Å². The van der Waals surface area contributed by atoms with Gasteiger partial charge in [-0.1, -0.05) is 0 Å². The van der Waals surface area contributed by atoms with Crippen molar-refractivity contribution < 1.29 is 45.0 Å². The van der Waals surface area contributed by atoms with Crippen LogP contribution >= 0.6 is 0 Å². The first-order valence-electron chi connectivity index (χ1n) is 13.5. The van der Waals surface area contributed by atoms with Crippen molar-refractivity contribution in [2.45, 2.75) is 25.1 Å². The summed E-state index contributed by atoms with van der Waals surface area (Å²) in [5.41, 5.74) is -0.446. The molecule has 1 saturated carbocycles. The summed E-state index contributed by atoms with van der Waals surface area (Å²) < 4.78 is 103. The van der Waals surface area contributed by atoms with Gasteiger partial charge in [0.15, 0.2) is 0 Å². The number of nitrogens with zero attached hydrogens (tertiary/aromatic N) is 3. The van der Waals surface area contributed by atoms with E-state index in [4.69, 9.17) is 4.74 Å². The molecule has 228 valence electrons. The van der Waals surface area contributed by atoms with Crippen LogP contribution in [0.3, 0.4) is 0 Å². The number of rotatable bonds is 7. The van der Waals surface area contributed by atoms with E-state index in [2.05, 4.69) is 4.98 Å². The molecule has 2 fully saturated rings. The number of piperazine rings is 1. The lowest BCUT2D eigenvalue weighted by molar-refractivity contribution is -0.139. The molecule has 43 heavy (non-hydrogen) atoms. The predicted molar refractivity (Wildman–Crippen MR) is 145 cm³/mol. The zero-order valence-corrected chi connectivity index (χ0v) is 23.6. The Kier molecular flexibility index (Phi) is 7.11. The number of aliphatic carboxylic acids is 1. The summed E-state index contributed by atoms with van der Waals surface area (Å²) in [5, 5.41) is 9.28. The first-order chi connectivity index (χ1) is 20.2. The molecular weight excluding hydrogens is 597 g/mol. The van der Waals surface area contributed by atoms with Crippen LogP contribution in [0.4, 0.5) is 27.6 Å². The normalized spacial score (nSPS) is 21.8. The molecular formula is C29H26F5N3O5S. The number of benzene rings is 2. The number of hydrogen-bond acceptors (Lipinski definition) is 6. The molecule has 1 aliphatic heterocycles. The number of carbonyl (C=O) groups is 1. The third kappa shape index (κ3) is 5.53. The van der Waals surface area contributed by atoms with Crippen molar-refractivity contribution in [3.8, 4) is 17.0 Å². The highest BCUT2D eigenvalue weighted by atomic mass is 32.2. The zero-order valence-electron chi connectivity index (χ0n) is 22.7. The lowest BCUT2D eigenvalue weighted by Gasteiger charge is -2.34. The van der Waals surface area contributed by atoms with Gasteiger partial charge in [-0.3, -0.25) is 4.79 Å². The highest BCUT2D eigenvalue weighted by Gasteiger charge is 2.60. The number of aromatic nitrogens is 1. The Morgan fingerprint density at radius 3 is 2.40 bits per heavy atom. The first-order valence-corrected chi connectivity index (χ1v) is 15.3. The van der Waals surface area contributed by atoms with E-state index in [1.54, 1.807) is 11.0 Å². The van der Waals surface area contributed by atoms with E-state index in [1.807, 2.05) is 0 Å². The van der Waals surface area contributed by atoms with Gasteiger partial charge in [-0.05, 0) is 59.4 Å². The molecule has 1 aromatic heterocycles. The van der Waals surface area contributed by atoms with E-state index in [-0.39, 0.29) is 55.0 Å².